The van der Waals surface area contributed by atoms with Crippen molar-refractivity contribution >= 4 is 24.2 Å². The molecule has 1 aliphatic heterocycles. The quantitative estimate of drug-likeness (QED) is 0.319. The van der Waals surface area contributed by atoms with Crippen LogP contribution >= 0.6 is 12.4 Å². The van der Waals surface area contributed by atoms with Gasteiger partial charge in [-0.05, 0) is 37.5 Å². The molecule has 1 atom stereocenters. The molecule has 0 radical (unpaired) electrons. The lowest BCUT2D eigenvalue weighted by atomic mass is 10.1. The molecule has 0 aliphatic carbocycles. The van der Waals surface area contributed by atoms with E-state index in [2.05, 4.69) is 22.2 Å². The van der Waals surface area contributed by atoms with Gasteiger partial charge in [-0.25, -0.2) is 10.8 Å². The maximum atomic E-state index is 6.32. The van der Waals surface area contributed by atoms with E-state index in [9.17, 15) is 0 Å². The summed E-state index contributed by atoms with van der Waals surface area (Å²) in [5, 5.41) is 5.03. The van der Waals surface area contributed by atoms with Crippen LogP contribution in [0.1, 0.15) is 83.6 Å². The number of hydrogen-bond acceptors (Lipinski definition) is 6. The molecule has 0 saturated heterocycles. The third-order valence-corrected chi connectivity index (χ3v) is 5.34. The van der Waals surface area contributed by atoms with Gasteiger partial charge >= 0.3 is 0 Å². The number of amidine groups is 1. The van der Waals surface area contributed by atoms with E-state index in [0.29, 0.717) is 12.5 Å². The fraction of sp³-hybridized carbons (Fsp3) is 0.652. The summed E-state index contributed by atoms with van der Waals surface area (Å²) < 4.78 is 5.20. The summed E-state index contributed by atoms with van der Waals surface area (Å²) in [7, 11) is 1.67. The number of nitrogens with two attached hydrogens (primary N) is 1. The first-order valence-corrected chi connectivity index (χ1v) is 11.2. The van der Waals surface area contributed by atoms with Crippen molar-refractivity contribution in [2.24, 2.45) is 15.8 Å². The highest BCUT2D eigenvalue weighted by atomic mass is 35.5. The molecule has 1 aromatic rings. The van der Waals surface area contributed by atoms with Crippen molar-refractivity contribution in [2.75, 3.05) is 7.11 Å². The Morgan fingerprint density at radius 3 is 2.20 bits per heavy atom. The second kappa shape index (κ2) is 15.1. The van der Waals surface area contributed by atoms with E-state index in [4.69, 9.17) is 10.6 Å². The van der Waals surface area contributed by atoms with E-state index < -0.39 is 0 Å². The Labute approximate surface area is 188 Å². The van der Waals surface area contributed by atoms with Gasteiger partial charge in [0, 0.05) is 6.54 Å². The van der Waals surface area contributed by atoms with Gasteiger partial charge in [-0.1, -0.05) is 70.4 Å². The molecule has 0 saturated carbocycles. The predicted octanol–water partition coefficient (Wildman–Crippen LogP) is 5.42. The predicted molar refractivity (Wildman–Crippen MR) is 129 cm³/mol. The normalized spacial score (nSPS) is 15.9. The molecule has 0 amide bonds. The number of unbranched alkanes of at least 4 members (excludes halogenated alkanes) is 8. The number of rotatable bonds is 13. The lowest BCUT2D eigenvalue weighted by molar-refractivity contribution is 0.289. The maximum Gasteiger partial charge on any atom is 0.217 e. The van der Waals surface area contributed by atoms with E-state index >= 15 is 0 Å². The number of guanidine groups is 1. The zero-order chi connectivity index (χ0) is 20.9. The monoisotopic (exact) mass is 437 g/mol. The van der Waals surface area contributed by atoms with Gasteiger partial charge in [0.2, 0.25) is 5.96 Å². The van der Waals surface area contributed by atoms with E-state index in [1.165, 1.54) is 51.4 Å². The molecule has 2 rings (SSSR count). The molecule has 1 unspecified atom stereocenters. The van der Waals surface area contributed by atoms with Crippen LogP contribution in [0.3, 0.4) is 0 Å². The average Bonchev–Trinajstić information content (AvgIpc) is 2.74. The van der Waals surface area contributed by atoms with Crippen molar-refractivity contribution in [1.29, 1.82) is 0 Å². The van der Waals surface area contributed by atoms with Crippen LogP contribution in [0.4, 0.5) is 0 Å². The van der Waals surface area contributed by atoms with Crippen LogP contribution in [-0.4, -0.2) is 30.1 Å². The standard InChI is InChI=1S/C23H39N5O.ClH/c1-4-5-6-7-8-9-10-11-12-13-22-26-19(2)27-23(28(22)24)25-18-20-14-16-21(29-3)17-15-20;/h14-17,22H,4-13,18,24H2,1-3H3,(H,25,26,27);1H. The number of ether oxygens (including phenoxy) is 1. The van der Waals surface area contributed by atoms with Gasteiger partial charge in [-0.15, -0.1) is 12.4 Å². The largest absolute Gasteiger partial charge is 0.497 e. The van der Waals surface area contributed by atoms with Crippen molar-refractivity contribution in [3.05, 3.63) is 29.8 Å². The zero-order valence-corrected chi connectivity index (χ0v) is 19.7. The van der Waals surface area contributed by atoms with Crippen LogP contribution in [0, 0.1) is 0 Å². The Bertz CT molecular complexity index is 647. The summed E-state index contributed by atoms with van der Waals surface area (Å²) in [6.07, 6.45) is 12.8. The molecule has 1 aromatic carbocycles. The number of hydrogen-bond donors (Lipinski definition) is 2. The minimum atomic E-state index is -0.0320. The molecule has 0 bridgehead atoms. The summed E-state index contributed by atoms with van der Waals surface area (Å²) in [6.45, 7) is 4.86. The summed E-state index contributed by atoms with van der Waals surface area (Å²) in [5.74, 6) is 8.64. The third-order valence-electron chi connectivity index (χ3n) is 5.34. The fourth-order valence-corrected chi connectivity index (χ4v) is 3.56. The number of halogens is 1. The molecule has 3 N–H and O–H groups in total. The van der Waals surface area contributed by atoms with E-state index in [0.717, 1.165) is 30.0 Å². The lowest BCUT2D eigenvalue weighted by Gasteiger charge is -2.31. The van der Waals surface area contributed by atoms with Crippen LogP contribution < -0.4 is 15.9 Å². The van der Waals surface area contributed by atoms with Crippen molar-refractivity contribution in [2.45, 2.75) is 90.8 Å². The Morgan fingerprint density at radius 1 is 1.00 bits per heavy atom. The first kappa shape index (κ1) is 26.2. The second-order valence-electron chi connectivity index (χ2n) is 7.82. The fourth-order valence-electron chi connectivity index (χ4n) is 3.56. The summed E-state index contributed by atoms with van der Waals surface area (Å²) in [5.41, 5.74) is 1.15. The molecule has 1 heterocycles. The first-order valence-electron chi connectivity index (χ1n) is 11.2. The van der Waals surface area contributed by atoms with E-state index in [-0.39, 0.29) is 18.6 Å². The lowest BCUT2D eigenvalue weighted by Crippen LogP contribution is -2.53. The molecule has 1 aliphatic rings. The van der Waals surface area contributed by atoms with Crippen molar-refractivity contribution in [1.82, 2.24) is 10.3 Å². The highest BCUT2D eigenvalue weighted by Crippen LogP contribution is 2.16. The summed E-state index contributed by atoms with van der Waals surface area (Å²) in [4.78, 5) is 9.12. The number of nitrogens with one attached hydrogen (secondary N) is 1. The van der Waals surface area contributed by atoms with Crippen molar-refractivity contribution in [3.63, 3.8) is 0 Å². The van der Waals surface area contributed by atoms with Crippen molar-refractivity contribution < 1.29 is 4.74 Å². The maximum absolute atomic E-state index is 6.32. The van der Waals surface area contributed by atoms with Crippen LogP contribution in [0.2, 0.25) is 0 Å². The summed E-state index contributed by atoms with van der Waals surface area (Å²) in [6, 6.07) is 7.99. The third kappa shape index (κ3) is 9.35. The second-order valence-corrected chi connectivity index (χ2v) is 7.82. The molecule has 6 nitrogen and oxygen atoms in total. The highest BCUT2D eigenvalue weighted by Gasteiger charge is 2.22. The van der Waals surface area contributed by atoms with Gasteiger partial charge in [0.1, 0.15) is 17.8 Å². The minimum absolute atomic E-state index is 0. The average molecular weight is 438 g/mol. The Kier molecular flexibility index (Phi) is 13.2. The van der Waals surface area contributed by atoms with E-state index in [1.807, 2.05) is 31.2 Å². The molecule has 0 aromatic heterocycles. The first-order chi connectivity index (χ1) is 14.1. The number of benzene rings is 1. The molecule has 7 heteroatoms. The zero-order valence-electron chi connectivity index (χ0n) is 18.9. The molecule has 0 spiro atoms. The molecular weight excluding hydrogens is 398 g/mol. The van der Waals surface area contributed by atoms with Crippen LogP contribution in [0.25, 0.3) is 0 Å². The Hall–Kier alpha value is -1.79. The van der Waals surface area contributed by atoms with Gasteiger partial charge in [0.25, 0.3) is 0 Å². The molecule has 0 fully saturated rings. The van der Waals surface area contributed by atoms with E-state index in [1.54, 1.807) is 12.1 Å². The number of nitrogens with zero attached hydrogens (tertiary/aromatic N) is 3. The smallest absolute Gasteiger partial charge is 0.217 e. The van der Waals surface area contributed by atoms with Gasteiger partial charge in [-0.3, -0.25) is 5.01 Å². The van der Waals surface area contributed by atoms with Gasteiger partial charge in [0.05, 0.1) is 7.11 Å². The van der Waals surface area contributed by atoms with Crippen LogP contribution in [0.5, 0.6) is 5.75 Å². The topological polar surface area (TPSA) is 75.2 Å². The highest BCUT2D eigenvalue weighted by molar-refractivity contribution is 5.96. The number of methoxy groups -OCH3 is 1. The summed E-state index contributed by atoms with van der Waals surface area (Å²) >= 11 is 0. The minimum Gasteiger partial charge on any atom is -0.497 e. The van der Waals surface area contributed by atoms with Crippen LogP contribution in [0.15, 0.2) is 34.3 Å². The Morgan fingerprint density at radius 2 is 1.60 bits per heavy atom. The SMILES string of the molecule is CCCCCCCCCCCC1N=C(C)N=C(NCc2ccc(OC)cc2)N1N.Cl. The molecule has 170 valence electrons. The van der Waals surface area contributed by atoms with Gasteiger partial charge in [-0.2, -0.15) is 4.99 Å². The Balaban J connectivity index is 0.00000450. The number of aliphatic imine (C=N–C) groups is 2. The van der Waals surface area contributed by atoms with Crippen molar-refractivity contribution in [3.8, 4) is 5.75 Å². The molecule has 30 heavy (non-hydrogen) atoms. The van der Waals surface area contributed by atoms with Gasteiger partial charge in [0.15, 0.2) is 0 Å². The van der Waals surface area contributed by atoms with Gasteiger partial charge < -0.3 is 10.1 Å². The number of hydrazine groups is 1. The molecular formula is C23H40ClN5O. The van der Waals surface area contributed by atoms with Crippen LogP contribution in [-0.2, 0) is 6.54 Å².